The van der Waals surface area contributed by atoms with E-state index in [2.05, 4.69) is 10.1 Å². The Bertz CT molecular complexity index is 786. The second kappa shape index (κ2) is 8.14. The van der Waals surface area contributed by atoms with E-state index in [1.807, 2.05) is 11.4 Å². The predicted octanol–water partition coefficient (Wildman–Crippen LogP) is 3.03. The molecule has 2 heterocycles. The molecule has 1 aliphatic rings. The lowest BCUT2D eigenvalue weighted by molar-refractivity contribution is -0.121. The normalized spacial score (nSPS) is 16.8. The van der Waals surface area contributed by atoms with Gasteiger partial charge in [-0.25, -0.2) is 4.79 Å². The van der Waals surface area contributed by atoms with Gasteiger partial charge in [0.25, 0.3) is 5.91 Å². The van der Waals surface area contributed by atoms with Crippen LogP contribution in [0.1, 0.15) is 32.9 Å². The minimum Gasteiger partial charge on any atom is -0.465 e. The van der Waals surface area contributed by atoms with Gasteiger partial charge in [-0.15, -0.1) is 11.3 Å². The molecule has 7 heteroatoms. The first-order valence-electron chi connectivity index (χ1n) is 8.40. The number of benzene rings is 1. The highest BCUT2D eigenvalue weighted by molar-refractivity contribution is 7.12. The fourth-order valence-electron chi connectivity index (χ4n) is 2.98. The molecule has 1 fully saturated rings. The van der Waals surface area contributed by atoms with Gasteiger partial charge in [-0.05, 0) is 48.6 Å². The van der Waals surface area contributed by atoms with Crippen LogP contribution in [0.4, 0.5) is 5.69 Å². The van der Waals surface area contributed by atoms with Crippen LogP contribution in [0.25, 0.3) is 0 Å². The molecule has 1 aromatic heterocycles. The molecule has 2 aromatic rings. The van der Waals surface area contributed by atoms with Crippen molar-refractivity contribution in [1.29, 1.82) is 0 Å². The number of thiophene rings is 1. The van der Waals surface area contributed by atoms with Crippen molar-refractivity contribution in [3.63, 3.8) is 0 Å². The molecule has 0 radical (unpaired) electrons. The first-order valence-corrected chi connectivity index (χ1v) is 9.28. The maximum absolute atomic E-state index is 12.6. The molecule has 1 N–H and O–H groups in total. The second-order valence-corrected chi connectivity index (χ2v) is 7.07. The number of ether oxygens (including phenoxy) is 1. The van der Waals surface area contributed by atoms with Crippen LogP contribution in [0.3, 0.4) is 0 Å². The third-order valence-electron chi connectivity index (χ3n) is 4.38. The third kappa shape index (κ3) is 4.11. The number of rotatable bonds is 4. The number of anilines is 1. The van der Waals surface area contributed by atoms with Crippen LogP contribution in [-0.4, -0.2) is 42.9 Å². The van der Waals surface area contributed by atoms with E-state index < -0.39 is 5.97 Å². The molecule has 1 aliphatic heterocycles. The number of amides is 2. The molecular weight excluding hydrogens is 352 g/mol. The Kier molecular flexibility index (Phi) is 5.68. The van der Waals surface area contributed by atoms with Crippen molar-refractivity contribution in [2.24, 2.45) is 5.92 Å². The maximum atomic E-state index is 12.6. The zero-order valence-electron chi connectivity index (χ0n) is 14.4. The van der Waals surface area contributed by atoms with Gasteiger partial charge in [0.05, 0.1) is 23.5 Å². The molecule has 0 bridgehead atoms. The van der Waals surface area contributed by atoms with Crippen LogP contribution in [0.5, 0.6) is 0 Å². The fourth-order valence-corrected chi connectivity index (χ4v) is 3.67. The lowest BCUT2D eigenvalue weighted by Crippen LogP contribution is -2.43. The predicted molar refractivity (Wildman–Crippen MR) is 99.4 cm³/mol. The zero-order chi connectivity index (χ0) is 18.5. The molecule has 0 aliphatic carbocycles. The lowest BCUT2D eigenvalue weighted by Gasteiger charge is -2.31. The molecule has 0 saturated carbocycles. The summed E-state index contributed by atoms with van der Waals surface area (Å²) in [5, 5.41) is 4.74. The van der Waals surface area contributed by atoms with E-state index in [1.54, 1.807) is 35.2 Å². The molecule has 1 saturated heterocycles. The first kappa shape index (κ1) is 18.1. The summed E-state index contributed by atoms with van der Waals surface area (Å²) in [5.41, 5.74) is 1.04. The molecule has 2 amide bonds. The Labute approximate surface area is 155 Å². The van der Waals surface area contributed by atoms with Gasteiger partial charge in [-0.2, -0.15) is 0 Å². The summed E-state index contributed by atoms with van der Waals surface area (Å²) in [6.07, 6.45) is 1.55. The Morgan fingerprint density at radius 3 is 2.62 bits per heavy atom. The van der Waals surface area contributed by atoms with Gasteiger partial charge in [-0.1, -0.05) is 6.07 Å². The van der Waals surface area contributed by atoms with Crippen LogP contribution < -0.4 is 5.32 Å². The van der Waals surface area contributed by atoms with Gasteiger partial charge in [0, 0.05) is 18.8 Å². The van der Waals surface area contributed by atoms with Crippen LogP contribution in [0, 0.1) is 5.92 Å². The van der Waals surface area contributed by atoms with E-state index in [9.17, 15) is 14.4 Å². The van der Waals surface area contributed by atoms with Crippen molar-refractivity contribution in [2.75, 3.05) is 25.5 Å². The summed E-state index contributed by atoms with van der Waals surface area (Å²) in [6.45, 7) is 1.09. The number of nitrogens with one attached hydrogen (secondary N) is 1. The molecule has 26 heavy (non-hydrogen) atoms. The van der Waals surface area contributed by atoms with Gasteiger partial charge in [0.15, 0.2) is 0 Å². The highest BCUT2D eigenvalue weighted by atomic mass is 32.1. The van der Waals surface area contributed by atoms with E-state index in [0.29, 0.717) is 29.2 Å². The minimum atomic E-state index is -0.419. The highest BCUT2D eigenvalue weighted by Gasteiger charge is 2.29. The second-order valence-electron chi connectivity index (χ2n) is 6.13. The largest absolute Gasteiger partial charge is 0.465 e. The summed E-state index contributed by atoms with van der Waals surface area (Å²) in [4.78, 5) is 38.9. The Morgan fingerprint density at radius 2 is 1.96 bits per heavy atom. The molecule has 0 spiro atoms. The van der Waals surface area contributed by atoms with E-state index in [0.717, 1.165) is 12.8 Å². The number of esters is 1. The number of piperidine rings is 1. The van der Waals surface area contributed by atoms with Crippen LogP contribution in [0.2, 0.25) is 0 Å². The molecule has 1 aromatic carbocycles. The van der Waals surface area contributed by atoms with E-state index in [4.69, 9.17) is 0 Å². The molecule has 3 rings (SSSR count). The third-order valence-corrected chi connectivity index (χ3v) is 5.24. The molecule has 1 atom stereocenters. The maximum Gasteiger partial charge on any atom is 0.337 e. The standard InChI is InChI=1S/C19H20N2O4S/c1-25-19(24)13-6-8-15(9-7-13)20-17(22)14-4-2-10-21(12-14)18(23)16-5-3-11-26-16/h3,5-9,11,14H,2,4,10,12H2,1H3,(H,20,22). The quantitative estimate of drug-likeness (QED) is 0.837. The Morgan fingerprint density at radius 1 is 1.19 bits per heavy atom. The van der Waals surface area contributed by atoms with Crippen LogP contribution in [0.15, 0.2) is 41.8 Å². The minimum absolute atomic E-state index is 0.0140. The number of methoxy groups -OCH3 is 1. The highest BCUT2D eigenvalue weighted by Crippen LogP contribution is 2.22. The van der Waals surface area contributed by atoms with Gasteiger partial charge in [-0.3, -0.25) is 9.59 Å². The van der Waals surface area contributed by atoms with Crippen LogP contribution >= 0.6 is 11.3 Å². The molecule has 136 valence electrons. The summed E-state index contributed by atoms with van der Waals surface area (Å²) in [7, 11) is 1.32. The lowest BCUT2D eigenvalue weighted by atomic mass is 9.96. The first-order chi connectivity index (χ1) is 12.6. The SMILES string of the molecule is COC(=O)c1ccc(NC(=O)C2CCCN(C(=O)c3cccs3)C2)cc1. The Hall–Kier alpha value is -2.67. The molecule has 1 unspecified atom stereocenters. The van der Waals surface area contributed by atoms with Crippen molar-refractivity contribution in [3.05, 3.63) is 52.2 Å². The zero-order valence-corrected chi connectivity index (χ0v) is 15.3. The summed E-state index contributed by atoms with van der Waals surface area (Å²) in [5.74, 6) is -0.787. The Balaban J connectivity index is 1.60. The number of nitrogens with zero attached hydrogens (tertiary/aromatic N) is 1. The van der Waals surface area contributed by atoms with E-state index in [1.165, 1.54) is 18.4 Å². The van der Waals surface area contributed by atoms with E-state index >= 15 is 0 Å². The number of hydrogen-bond acceptors (Lipinski definition) is 5. The summed E-state index contributed by atoms with van der Waals surface area (Å²) < 4.78 is 4.65. The van der Waals surface area contributed by atoms with Crippen molar-refractivity contribution in [1.82, 2.24) is 4.90 Å². The average Bonchev–Trinajstić information content (AvgIpc) is 3.22. The van der Waals surface area contributed by atoms with E-state index in [-0.39, 0.29) is 17.7 Å². The molecular formula is C19H20N2O4S. The van der Waals surface area contributed by atoms with Crippen molar-refractivity contribution in [2.45, 2.75) is 12.8 Å². The summed E-state index contributed by atoms with van der Waals surface area (Å²) in [6, 6.07) is 10.2. The average molecular weight is 372 g/mol. The van der Waals surface area contributed by atoms with Crippen molar-refractivity contribution < 1.29 is 19.1 Å². The van der Waals surface area contributed by atoms with Gasteiger partial charge < -0.3 is 15.0 Å². The number of hydrogen-bond donors (Lipinski definition) is 1. The smallest absolute Gasteiger partial charge is 0.337 e. The molecule has 6 nitrogen and oxygen atoms in total. The van der Waals surface area contributed by atoms with Gasteiger partial charge in [0.1, 0.15) is 0 Å². The topological polar surface area (TPSA) is 75.7 Å². The van der Waals surface area contributed by atoms with Crippen molar-refractivity contribution in [3.8, 4) is 0 Å². The van der Waals surface area contributed by atoms with Crippen LogP contribution in [-0.2, 0) is 9.53 Å². The number of likely N-dealkylation sites (tertiary alicyclic amines) is 1. The monoisotopic (exact) mass is 372 g/mol. The fraction of sp³-hybridized carbons (Fsp3) is 0.316. The summed E-state index contributed by atoms with van der Waals surface area (Å²) >= 11 is 1.41. The number of carbonyl (C=O) groups is 3. The van der Waals surface area contributed by atoms with Crippen molar-refractivity contribution >= 4 is 34.8 Å². The van der Waals surface area contributed by atoms with Gasteiger partial charge >= 0.3 is 5.97 Å². The van der Waals surface area contributed by atoms with Gasteiger partial charge in [0.2, 0.25) is 5.91 Å². The number of carbonyl (C=O) groups excluding carboxylic acids is 3.